The molecule has 0 unspecified atom stereocenters. The number of hydrogen-bond acceptors (Lipinski definition) is 3. The first-order valence-corrected chi connectivity index (χ1v) is 9.89. The first-order chi connectivity index (χ1) is 13.4. The summed E-state index contributed by atoms with van der Waals surface area (Å²) in [7, 11) is 0. The van der Waals surface area contributed by atoms with Crippen LogP contribution < -0.4 is 0 Å². The number of carbonyl (C=O) groups excluding carboxylic acids is 2. The average Bonchev–Trinajstić information content (AvgIpc) is 2.65. The highest BCUT2D eigenvalue weighted by molar-refractivity contribution is 6.11. The van der Waals surface area contributed by atoms with Crippen molar-refractivity contribution in [2.24, 2.45) is 5.41 Å². The summed E-state index contributed by atoms with van der Waals surface area (Å²) < 4.78 is 18.8. The van der Waals surface area contributed by atoms with Crippen LogP contribution in [0.15, 0.2) is 36.4 Å². The molecule has 2 fully saturated rings. The predicted molar refractivity (Wildman–Crippen MR) is 106 cm³/mol. The van der Waals surface area contributed by atoms with Gasteiger partial charge < -0.3 is 4.74 Å². The quantitative estimate of drug-likeness (QED) is 0.695. The summed E-state index contributed by atoms with van der Waals surface area (Å²) in [5, 5.41) is 0. The van der Waals surface area contributed by atoms with Gasteiger partial charge in [0.05, 0.1) is 0 Å². The molecule has 0 atom stereocenters. The van der Waals surface area contributed by atoms with Gasteiger partial charge in [-0.3, -0.25) is 9.59 Å². The summed E-state index contributed by atoms with van der Waals surface area (Å²) in [6, 6.07) is 10.3. The Kier molecular flexibility index (Phi) is 4.92. The predicted octanol–water partition coefficient (Wildman–Crippen LogP) is 4.92. The largest absolute Gasteiger partial charge is 0.381 e. The summed E-state index contributed by atoms with van der Waals surface area (Å²) in [6.07, 6.45) is 2.47. The zero-order chi connectivity index (χ0) is 19.9. The van der Waals surface area contributed by atoms with Gasteiger partial charge >= 0.3 is 0 Å². The minimum absolute atomic E-state index is 0.0283. The Bertz CT molecular complexity index is 904. The van der Waals surface area contributed by atoms with Crippen LogP contribution in [0.5, 0.6) is 0 Å². The van der Waals surface area contributed by atoms with Crippen LogP contribution >= 0.6 is 0 Å². The molecule has 4 heteroatoms. The van der Waals surface area contributed by atoms with Crippen LogP contribution in [0.3, 0.4) is 0 Å². The number of ether oxygens (including phenoxy) is 1. The molecule has 1 heterocycles. The molecule has 4 rings (SSSR count). The van der Waals surface area contributed by atoms with Crippen molar-refractivity contribution in [3.8, 4) is 11.1 Å². The van der Waals surface area contributed by atoms with Gasteiger partial charge in [0, 0.05) is 26.1 Å². The normalized spacial score (nSPS) is 20.0. The molecular weight excluding hydrogens is 355 g/mol. The van der Waals surface area contributed by atoms with Crippen LogP contribution in [0.4, 0.5) is 4.39 Å². The highest BCUT2D eigenvalue weighted by atomic mass is 19.1. The van der Waals surface area contributed by atoms with Crippen molar-refractivity contribution in [1.29, 1.82) is 0 Å². The van der Waals surface area contributed by atoms with Crippen molar-refractivity contribution in [1.82, 2.24) is 0 Å². The summed E-state index contributed by atoms with van der Waals surface area (Å²) in [4.78, 5) is 26.3. The zero-order valence-electron chi connectivity index (χ0n) is 16.4. The van der Waals surface area contributed by atoms with E-state index in [4.69, 9.17) is 4.74 Å². The first-order valence-electron chi connectivity index (χ1n) is 9.89. The maximum atomic E-state index is 13.3. The molecule has 2 aromatic carbocycles. The number of benzene rings is 2. The molecular formula is C24H25FO3. The van der Waals surface area contributed by atoms with Crippen LogP contribution in [-0.4, -0.2) is 24.8 Å². The Hall–Kier alpha value is -2.33. The van der Waals surface area contributed by atoms with Crippen molar-refractivity contribution in [2.75, 3.05) is 13.2 Å². The molecule has 1 saturated heterocycles. The smallest absolute Gasteiger partial charge is 0.148 e. The monoisotopic (exact) mass is 380 g/mol. The molecule has 1 aliphatic carbocycles. The number of Topliss-reactive ketones (excluding diaryl/α,β-unsaturated/α-hetero) is 2. The fraction of sp³-hybridized carbons (Fsp3) is 0.417. The molecule has 2 aliphatic rings. The fourth-order valence-electron chi connectivity index (χ4n) is 4.92. The third-order valence-electron chi connectivity index (χ3n) is 6.47. The first kappa shape index (κ1) is 19.0. The number of ketones is 2. The van der Waals surface area contributed by atoms with E-state index in [0.29, 0.717) is 26.1 Å². The lowest BCUT2D eigenvalue weighted by Crippen LogP contribution is -2.42. The van der Waals surface area contributed by atoms with Crippen LogP contribution in [0.2, 0.25) is 0 Å². The fourth-order valence-corrected chi connectivity index (χ4v) is 4.92. The van der Waals surface area contributed by atoms with Gasteiger partial charge in [-0.15, -0.1) is 0 Å². The van der Waals surface area contributed by atoms with Gasteiger partial charge in [0.15, 0.2) is 0 Å². The third-order valence-corrected chi connectivity index (χ3v) is 6.47. The second-order valence-electron chi connectivity index (χ2n) is 8.31. The van der Waals surface area contributed by atoms with Crippen LogP contribution in [0, 0.1) is 25.1 Å². The minimum Gasteiger partial charge on any atom is -0.381 e. The molecule has 0 amide bonds. The number of carbonyl (C=O) groups is 2. The van der Waals surface area contributed by atoms with Crippen molar-refractivity contribution in [2.45, 2.75) is 45.4 Å². The second kappa shape index (κ2) is 7.25. The third kappa shape index (κ3) is 3.30. The maximum Gasteiger partial charge on any atom is 0.148 e. The van der Waals surface area contributed by atoms with E-state index < -0.39 is 5.92 Å². The lowest BCUT2D eigenvalue weighted by Gasteiger charge is -2.41. The van der Waals surface area contributed by atoms with Crippen LogP contribution in [0.25, 0.3) is 11.1 Å². The molecule has 1 aliphatic heterocycles. The molecule has 0 bridgehead atoms. The van der Waals surface area contributed by atoms with Gasteiger partial charge in [-0.2, -0.15) is 0 Å². The van der Waals surface area contributed by atoms with E-state index in [2.05, 4.69) is 0 Å². The Labute approximate surface area is 164 Å². The number of hydrogen-bond donors (Lipinski definition) is 0. The van der Waals surface area contributed by atoms with Gasteiger partial charge in [-0.05, 0) is 72.1 Å². The molecule has 0 radical (unpaired) electrons. The topological polar surface area (TPSA) is 43.4 Å². The number of halogens is 1. The molecule has 0 aromatic heterocycles. The SMILES string of the molecule is Cc1ccc(-c2ccc(F)cc2)c(C)c1C1C(=O)CC2(CCOCC2)CC1=O. The molecule has 2 aromatic rings. The van der Waals surface area contributed by atoms with E-state index in [1.54, 1.807) is 12.1 Å². The standard InChI is InChI=1S/C24H25FO3/c1-15-3-8-19(17-4-6-18(25)7-5-17)16(2)22(15)23-20(26)13-24(14-21(23)27)9-11-28-12-10-24/h3-8,23H,9-14H2,1-2H3. The Morgan fingerprint density at radius 1 is 0.929 bits per heavy atom. The minimum atomic E-state index is -0.686. The van der Waals surface area contributed by atoms with Gasteiger partial charge in [0.1, 0.15) is 23.3 Å². The van der Waals surface area contributed by atoms with Gasteiger partial charge in [-0.25, -0.2) is 4.39 Å². The lowest BCUT2D eigenvalue weighted by molar-refractivity contribution is -0.139. The van der Waals surface area contributed by atoms with E-state index in [-0.39, 0.29) is 22.8 Å². The van der Waals surface area contributed by atoms with E-state index in [0.717, 1.165) is 40.7 Å². The molecule has 146 valence electrons. The maximum absolute atomic E-state index is 13.3. The average molecular weight is 380 g/mol. The summed E-state index contributed by atoms with van der Waals surface area (Å²) in [5.74, 6) is -0.914. The lowest BCUT2D eigenvalue weighted by atomic mass is 9.63. The molecule has 28 heavy (non-hydrogen) atoms. The van der Waals surface area contributed by atoms with Crippen molar-refractivity contribution < 1.29 is 18.7 Å². The van der Waals surface area contributed by atoms with Gasteiger partial charge in [0.25, 0.3) is 0 Å². The van der Waals surface area contributed by atoms with E-state index >= 15 is 0 Å². The Morgan fingerprint density at radius 2 is 1.54 bits per heavy atom. The van der Waals surface area contributed by atoms with Crippen LogP contribution in [0.1, 0.15) is 48.3 Å². The van der Waals surface area contributed by atoms with E-state index in [1.165, 1.54) is 12.1 Å². The van der Waals surface area contributed by atoms with Crippen LogP contribution in [-0.2, 0) is 14.3 Å². The molecule has 1 spiro atoms. The van der Waals surface area contributed by atoms with Crippen molar-refractivity contribution in [3.63, 3.8) is 0 Å². The Morgan fingerprint density at radius 3 is 2.14 bits per heavy atom. The van der Waals surface area contributed by atoms with Crippen molar-refractivity contribution >= 4 is 11.6 Å². The number of rotatable bonds is 2. The second-order valence-corrected chi connectivity index (χ2v) is 8.31. The number of aryl methyl sites for hydroxylation is 1. The highest BCUT2D eigenvalue weighted by Crippen LogP contribution is 2.46. The summed E-state index contributed by atoms with van der Waals surface area (Å²) >= 11 is 0. The van der Waals surface area contributed by atoms with E-state index in [1.807, 2.05) is 26.0 Å². The summed E-state index contributed by atoms with van der Waals surface area (Å²) in [5.41, 5.74) is 4.33. The molecule has 1 saturated carbocycles. The highest BCUT2D eigenvalue weighted by Gasteiger charge is 2.46. The van der Waals surface area contributed by atoms with Crippen molar-refractivity contribution in [3.05, 3.63) is 58.9 Å². The van der Waals surface area contributed by atoms with E-state index in [9.17, 15) is 14.0 Å². The Balaban J connectivity index is 1.72. The summed E-state index contributed by atoms with van der Waals surface area (Å²) in [6.45, 7) is 5.17. The molecule has 0 N–H and O–H groups in total. The molecule has 3 nitrogen and oxygen atoms in total. The van der Waals surface area contributed by atoms with Gasteiger partial charge in [-0.1, -0.05) is 24.3 Å². The van der Waals surface area contributed by atoms with Gasteiger partial charge in [0.2, 0.25) is 0 Å². The zero-order valence-corrected chi connectivity index (χ0v) is 16.4.